The largest absolute Gasteiger partial charge is 0.496 e. The van der Waals surface area contributed by atoms with Gasteiger partial charge in [0.2, 0.25) is 11.8 Å². The van der Waals surface area contributed by atoms with Crippen molar-refractivity contribution in [2.24, 2.45) is 11.7 Å². The van der Waals surface area contributed by atoms with E-state index in [1.807, 2.05) is 48.5 Å². The van der Waals surface area contributed by atoms with Crippen LogP contribution in [-0.4, -0.2) is 60.0 Å². The van der Waals surface area contributed by atoms with Gasteiger partial charge in [-0.2, -0.15) is 0 Å². The summed E-state index contributed by atoms with van der Waals surface area (Å²) in [5.41, 5.74) is 8.53. The predicted molar refractivity (Wildman–Crippen MR) is 140 cm³/mol. The predicted octanol–water partition coefficient (Wildman–Crippen LogP) is 2.49. The lowest BCUT2D eigenvalue weighted by Gasteiger charge is -2.27. The maximum Gasteiger partial charge on any atom is 0.271 e. The minimum Gasteiger partial charge on any atom is -0.496 e. The van der Waals surface area contributed by atoms with Crippen molar-refractivity contribution >= 4 is 28.6 Å². The number of rotatable bonds is 7. The molecule has 2 saturated heterocycles. The molecule has 1 aromatic heterocycles. The van der Waals surface area contributed by atoms with Crippen molar-refractivity contribution in [2.45, 2.75) is 43.8 Å². The number of piperidine rings is 1. The van der Waals surface area contributed by atoms with Crippen molar-refractivity contribution in [1.29, 1.82) is 0 Å². The Balaban J connectivity index is 1.37. The number of amides is 3. The number of carbonyl (C=O) groups is 3. The number of aromatic amines is 1. The van der Waals surface area contributed by atoms with Gasteiger partial charge in [0, 0.05) is 35.8 Å². The highest BCUT2D eigenvalue weighted by Crippen LogP contribution is 2.34. The third-order valence-corrected chi connectivity index (χ3v) is 7.48. The second-order valence-electron chi connectivity index (χ2n) is 9.90. The number of H-pyrrole nitrogens is 1. The molecular formula is C28H33N5O4. The summed E-state index contributed by atoms with van der Waals surface area (Å²) < 4.78 is 5.44. The van der Waals surface area contributed by atoms with Gasteiger partial charge in [-0.3, -0.25) is 14.4 Å². The highest BCUT2D eigenvalue weighted by Gasteiger charge is 2.41. The van der Waals surface area contributed by atoms with Gasteiger partial charge in [-0.25, -0.2) is 0 Å². The molecule has 37 heavy (non-hydrogen) atoms. The summed E-state index contributed by atoms with van der Waals surface area (Å²) in [6.07, 6.45) is 1.83. The highest BCUT2D eigenvalue weighted by molar-refractivity contribution is 6.01. The van der Waals surface area contributed by atoms with Gasteiger partial charge in [-0.05, 0) is 49.4 Å². The highest BCUT2D eigenvalue weighted by atomic mass is 16.5. The zero-order valence-electron chi connectivity index (χ0n) is 20.9. The van der Waals surface area contributed by atoms with E-state index in [4.69, 9.17) is 10.5 Å². The zero-order valence-corrected chi connectivity index (χ0v) is 20.9. The quantitative estimate of drug-likeness (QED) is 0.368. The number of nitrogens with two attached hydrogens (primary N) is 1. The van der Waals surface area contributed by atoms with Crippen molar-refractivity contribution in [3.63, 3.8) is 0 Å². The van der Waals surface area contributed by atoms with Gasteiger partial charge in [-0.1, -0.05) is 36.4 Å². The molecule has 2 fully saturated rings. The molecule has 3 aromatic rings. The first-order chi connectivity index (χ1) is 17.9. The summed E-state index contributed by atoms with van der Waals surface area (Å²) in [6.45, 7) is 1.09. The maximum atomic E-state index is 13.7. The van der Waals surface area contributed by atoms with Crippen LogP contribution < -0.4 is 21.1 Å². The van der Waals surface area contributed by atoms with E-state index < -0.39 is 12.2 Å². The second-order valence-corrected chi connectivity index (χ2v) is 9.90. The molecule has 5 rings (SSSR count). The number of ether oxygens (including phenoxy) is 1. The van der Waals surface area contributed by atoms with Crippen molar-refractivity contribution in [1.82, 2.24) is 20.5 Å². The number of hydrogen-bond acceptors (Lipinski definition) is 5. The Morgan fingerprint density at radius 1 is 1.19 bits per heavy atom. The van der Waals surface area contributed by atoms with Crippen LogP contribution in [-0.2, 0) is 9.59 Å². The number of fused-ring (bicyclic) bond motifs is 1. The van der Waals surface area contributed by atoms with Crippen LogP contribution in [0.25, 0.3) is 10.9 Å². The normalized spacial score (nSPS) is 22.5. The smallest absolute Gasteiger partial charge is 0.271 e. The van der Waals surface area contributed by atoms with Gasteiger partial charge in [-0.15, -0.1) is 0 Å². The minimum atomic E-state index is -0.683. The van der Waals surface area contributed by atoms with E-state index in [1.165, 1.54) is 0 Å². The number of hydrogen-bond donors (Lipinski definition) is 4. The molecule has 0 spiro atoms. The summed E-state index contributed by atoms with van der Waals surface area (Å²) >= 11 is 0. The van der Waals surface area contributed by atoms with Gasteiger partial charge in [0.05, 0.1) is 13.3 Å². The topological polar surface area (TPSA) is 130 Å². The van der Waals surface area contributed by atoms with E-state index in [0.717, 1.165) is 29.3 Å². The van der Waals surface area contributed by atoms with E-state index in [-0.39, 0.29) is 29.6 Å². The standard InChI is InChI=1S/C28H33N5O4/c1-37-24-11-5-10-21-20(24)15-22(31-21)28(36)33-16-19(17-7-3-2-4-8-17)13-23(33)27(35)32-25(29)14-18-9-6-12-30-26(18)34/h2-5,7-8,10-11,15,18-19,23,25,31H,6,9,12-14,16,29H2,1H3,(H,30,34)(H,32,35)/t18-,19+,23-,25-/m0/s1. The van der Waals surface area contributed by atoms with E-state index in [2.05, 4.69) is 15.6 Å². The Morgan fingerprint density at radius 2 is 2.00 bits per heavy atom. The number of nitrogens with zero attached hydrogens (tertiary/aromatic N) is 1. The number of methoxy groups -OCH3 is 1. The lowest BCUT2D eigenvalue weighted by atomic mass is 9.93. The van der Waals surface area contributed by atoms with E-state index in [9.17, 15) is 14.4 Å². The van der Waals surface area contributed by atoms with Gasteiger partial charge >= 0.3 is 0 Å². The molecule has 2 aliphatic heterocycles. The van der Waals surface area contributed by atoms with Crippen molar-refractivity contribution in [2.75, 3.05) is 20.2 Å². The molecule has 9 nitrogen and oxygen atoms in total. The van der Waals surface area contributed by atoms with Crippen LogP contribution in [0.5, 0.6) is 5.75 Å². The van der Waals surface area contributed by atoms with Crippen LogP contribution in [0, 0.1) is 5.92 Å². The Kier molecular flexibility index (Phi) is 7.14. The van der Waals surface area contributed by atoms with Crippen LogP contribution in [0.1, 0.15) is 47.7 Å². The molecule has 3 amide bonds. The molecule has 4 atom stereocenters. The number of nitrogens with one attached hydrogen (secondary N) is 3. The number of aromatic nitrogens is 1. The van der Waals surface area contributed by atoms with E-state index in [0.29, 0.717) is 37.4 Å². The molecule has 0 unspecified atom stereocenters. The first-order valence-corrected chi connectivity index (χ1v) is 12.8. The molecule has 5 N–H and O–H groups in total. The van der Waals surface area contributed by atoms with Gasteiger partial charge < -0.3 is 31.0 Å². The number of likely N-dealkylation sites (tertiary alicyclic amines) is 1. The molecule has 0 aliphatic carbocycles. The summed E-state index contributed by atoms with van der Waals surface area (Å²) in [4.78, 5) is 44.2. The van der Waals surface area contributed by atoms with Crippen molar-refractivity contribution in [3.05, 3.63) is 65.9 Å². The van der Waals surface area contributed by atoms with E-state index >= 15 is 0 Å². The minimum absolute atomic E-state index is 0.0140. The molecule has 2 aromatic carbocycles. The van der Waals surface area contributed by atoms with E-state index in [1.54, 1.807) is 18.1 Å². The summed E-state index contributed by atoms with van der Waals surface area (Å²) in [5, 5.41) is 6.54. The van der Waals surface area contributed by atoms with Crippen LogP contribution >= 0.6 is 0 Å². The third-order valence-electron chi connectivity index (χ3n) is 7.48. The average molecular weight is 504 g/mol. The summed E-state index contributed by atoms with van der Waals surface area (Å²) in [7, 11) is 1.59. The molecule has 0 radical (unpaired) electrons. The summed E-state index contributed by atoms with van der Waals surface area (Å²) in [5.74, 6) is -0.111. The third kappa shape index (κ3) is 5.17. The first kappa shape index (κ1) is 24.8. The lowest BCUT2D eigenvalue weighted by molar-refractivity contribution is -0.129. The Bertz CT molecular complexity index is 1290. The Labute approximate surface area is 215 Å². The fourth-order valence-electron chi connectivity index (χ4n) is 5.56. The average Bonchev–Trinajstić information content (AvgIpc) is 3.55. The Morgan fingerprint density at radius 3 is 2.76 bits per heavy atom. The van der Waals surface area contributed by atoms with Crippen molar-refractivity contribution in [3.8, 4) is 5.75 Å². The lowest BCUT2D eigenvalue weighted by Crippen LogP contribution is -2.52. The van der Waals surface area contributed by atoms with Crippen LogP contribution in [0.15, 0.2) is 54.6 Å². The Hall–Kier alpha value is -3.85. The van der Waals surface area contributed by atoms with Gasteiger partial charge in [0.1, 0.15) is 17.5 Å². The van der Waals surface area contributed by atoms with Crippen molar-refractivity contribution < 1.29 is 19.1 Å². The monoisotopic (exact) mass is 503 g/mol. The molecule has 0 saturated carbocycles. The van der Waals surface area contributed by atoms with Gasteiger partial charge in [0.15, 0.2) is 0 Å². The molecule has 3 heterocycles. The molecular weight excluding hydrogens is 470 g/mol. The maximum absolute atomic E-state index is 13.7. The van der Waals surface area contributed by atoms with Crippen LogP contribution in [0.3, 0.4) is 0 Å². The summed E-state index contributed by atoms with van der Waals surface area (Å²) in [6, 6.07) is 16.6. The number of carbonyl (C=O) groups excluding carboxylic acids is 3. The van der Waals surface area contributed by atoms with Gasteiger partial charge in [0.25, 0.3) is 5.91 Å². The second kappa shape index (κ2) is 10.6. The van der Waals surface area contributed by atoms with Crippen LogP contribution in [0.2, 0.25) is 0 Å². The SMILES string of the molecule is COc1cccc2[nH]c(C(=O)N3C[C@H](c4ccccc4)C[C@H]3C(=O)N[C@H](N)C[C@@H]3CCCNC3=O)cc12. The number of benzene rings is 2. The zero-order chi connectivity index (χ0) is 25.9. The first-order valence-electron chi connectivity index (χ1n) is 12.8. The fourth-order valence-corrected chi connectivity index (χ4v) is 5.56. The molecule has 194 valence electrons. The fraction of sp³-hybridized carbons (Fsp3) is 0.393. The molecule has 9 heteroatoms. The van der Waals surface area contributed by atoms with Crippen LogP contribution in [0.4, 0.5) is 0 Å². The molecule has 2 aliphatic rings. The molecule has 0 bridgehead atoms.